The highest BCUT2D eigenvalue weighted by Gasteiger charge is 2.13. The van der Waals surface area contributed by atoms with Gasteiger partial charge in [0.25, 0.3) is 5.91 Å². The molecule has 3 nitrogen and oxygen atoms in total. The largest absolute Gasteiger partial charge is 0.483 e. The van der Waals surface area contributed by atoms with Crippen molar-refractivity contribution in [2.75, 3.05) is 11.9 Å². The Morgan fingerprint density at radius 2 is 1.96 bits per heavy atom. The lowest BCUT2D eigenvalue weighted by Gasteiger charge is -2.15. The zero-order valence-electron chi connectivity index (χ0n) is 14.2. The quantitative estimate of drug-likeness (QED) is 0.670. The highest BCUT2D eigenvalue weighted by Crippen LogP contribution is 2.30. The molecule has 0 aromatic heterocycles. The first-order chi connectivity index (χ1) is 11.3. The molecule has 0 fully saturated rings. The molecule has 0 saturated carbocycles. The molecule has 0 aliphatic heterocycles. The van der Waals surface area contributed by atoms with E-state index in [1.54, 1.807) is 0 Å². The van der Waals surface area contributed by atoms with E-state index in [2.05, 4.69) is 35.1 Å². The molecule has 0 unspecified atom stereocenters. The maximum absolute atomic E-state index is 12.2. The summed E-state index contributed by atoms with van der Waals surface area (Å²) in [6, 6.07) is 9.60. The predicted molar refractivity (Wildman–Crippen MR) is 103 cm³/mol. The number of benzene rings is 2. The molecular formula is C19H21BrClNO2. The summed E-state index contributed by atoms with van der Waals surface area (Å²) in [5.41, 5.74) is 3.68. The normalized spacial score (nSPS) is 10.8. The average Bonchev–Trinajstić information content (AvgIpc) is 2.49. The number of carbonyl (C=O) groups excluding carboxylic acids is 1. The van der Waals surface area contributed by atoms with Crippen molar-refractivity contribution in [1.82, 2.24) is 0 Å². The Morgan fingerprint density at radius 1 is 1.25 bits per heavy atom. The van der Waals surface area contributed by atoms with Crippen molar-refractivity contribution in [1.29, 1.82) is 0 Å². The van der Waals surface area contributed by atoms with Crippen LogP contribution < -0.4 is 10.1 Å². The number of halogens is 2. The topological polar surface area (TPSA) is 38.3 Å². The fourth-order valence-electron chi connectivity index (χ4n) is 2.49. The van der Waals surface area contributed by atoms with Crippen molar-refractivity contribution < 1.29 is 9.53 Å². The van der Waals surface area contributed by atoms with Crippen molar-refractivity contribution in [2.24, 2.45) is 0 Å². The summed E-state index contributed by atoms with van der Waals surface area (Å²) < 4.78 is 6.71. The number of anilines is 1. The molecule has 0 aliphatic carbocycles. The van der Waals surface area contributed by atoms with Gasteiger partial charge in [-0.05, 0) is 60.7 Å². The second kappa shape index (κ2) is 8.04. The zero-order chi connectivity index (χ0) is 17.9. The minimum absolute atomic E-state index is 0.0645. The van der Waals surface area contributed by atoms with Crippen LogP contribution in [0.25, 0.3) is 0 Å². The number of ether oxygens (including phenoxy) is 1. The molecule has 5 heteroatoms. The lowest BCUT2D eigenvalue weighted by Crippen LogP contribution is -2.21. The Kier molecular flexibility index (Phi) is 6.30. The fourth-order valence-corrected chi connectivity index (χ4v) is 3.24. The summed E-state index contributed by atoms with van der Waals surface area (Å²) in [5, 5.41) is 3.37. The van der Waals surface area contributed by atoms with E-state index in [1.807, 2.05) is 44.2 Å². The molecule has 0 spiro atoms. The molecule has 2 aromatic rings. The van der Waals surface area contributed by atoms with Crippen molar-refractivity contribution >= 4 is 39.1 Å². The summed E-state index contributed by atoms with van der Waals surface area (Å²) >= 11 is 9.68. The summed E-state index contributed by atoms with van der Waals surface area (Å²) in [5.74, 6) is 0.783. The van der Waals surface area contributed by atoms with Crippen molar-refractivity contribution in [2.45, 2.75) is 33.6 Å². The minimum Gasteiger partial charge on any atom is -0.483 e. The van der Waals surface area contributed by atoms with E-state index in [9.17, 15) is 4.79 Å². The van der Waals surface area contributed by atoms with Gasteiger partial charge >= 0.3 is 0 Å². The first-order valence-electron chi connectivity index (χ1n) is 7.76. The Bertz CT molecular complexity index is 736. The van der Waals surface area contributed by atoms with Crippen LogP contribution >= 0.6 is 27.5 Å². The van der Waals surface area contributed by atoms with Gasteiger partial charge in [0.2, 0.25) is 0 Å². The third kappa shape index (κ3) is 4.74. The van der Waals surface area contributed by atoms with Crippen LogP contribution in [0.15, 0.2) is 34.8 Å². The molecule has 128 valence electrons. The third-order valence-corrected chi connectivity index (χ3v) is 4.44. The van der Waals surface area contributed by atoms with E-state index in [1.165, 1.54) is 0 Å². The van der Waals surface area contributed by atoms with Crippen LogP contribution in [-0.4, -0.2) is 12.5 Å². The van der Waals surface area contributed by atoms with Gasteiger partial charge in [-0.2, -0.15) is 0 Å². The molecule has 2 rings (SSSR count). The molecular weight excluding hydrogens is 390 g/mol. The molecule has 0 radical (unpaired) electrons. The SMILES string of the molecule is Cc1cc(C)c(NC(=O)COc2ccc(Br)cc2C(C)C)c(Cl)c1. The first-order valence-corrected chi connectivity index (χ1v) is 8.94. The van der Waals surface area contributed by atoms with Gasteiger partial charge in [0.05, 0.1) is 10.7 Å². The van der Waals surface area contributed by atoms with Crippen LogP contribution in [-0.2, 0) is 4.79 Å². The predicted octanol–water partition coefficient (Wildman–Crippen LogP) is 5.86. The van der Waals surface area contributed by atoms with Gasteiger partial charge in [-0.1, -0.05) is 47.4 Å². The summed E-state index contributed by atoms with van der Waals surface area (Å²) in [7, 11) is 0. The van der Waals surface area contributed by atoms with E-state index < -0.39 is 0 Å². The van der Waals surface area contributed by atoms with Crippen LogP contribution in [0.3, 0.4) is 0 Å². The zero-order valence-corrected chi connectivity index (χ0v) is 16.6. The molecule has 24 heavy (non-hydrogen) atoms. The number of nitrogens with one attached hydrogen (secondary N) is 1. The van der Waals surface area contributed by atoms with E-state index in [0.717, 1.165) is 26.9 Å². The molecule has 0 bridgehead atoms. The highest BCUT2D eigenvalue weighted by atomic mass is 79.9. The van der Waals surface area contributed by atoms with Crippen LogP contribution in [0.2, 0.25) is 5.02 Å². The second-order valence-corrected chi connectivity index (χ2v) is 7.44. The van der Waals surface area contributed by atoms with Gasteiger partial charge in [0.15, 0.2) is 6.61 Å². The molecule has 1 amide bonds. The second-order valence-electron chi connectivity index (χ2n) is 6.11. The Labute approximate surface area is 156 Å². The van der Waals surface area contributed by atoms with Crippen LogP contribution in [0.1, 0.15) is 36.5 Å². The summed E-state index contributed by atoms with van der Waals surface area (Å²) in [6.45, 7) is 7.99. The fraction of sp³-hybridized carbons (Fsp3) is 0.316. The Balaban J connectivity index is 2.07. The van der Waals surface area contributed by atoms with E-state index in [0.29, 0.717) is 16.6 Å². The summed E-state index contributed by atoms with van der Waals surface area (Å²) in [6.07, 6.45) is 0. The van der Waals surface area contributed by atoms with Crippen LogP contribution in [0.4, 0.5) is 5.69 Å². The van der Waals surface area contributed by atoms with Crippen LogP contribution in [0.5, 0.6) is 5.75 Å². The lowest BCUT2D eigenvalue weighted by atomic mass is 10.0. The monoisotopic (exact) mass is 409 g/mol. The molecule has 1 N–H and O–H groups in total. The number of carbonyl (C=O) groups is 1. The molecule has 2 aromatic carbocycles. The molecule has 0 aliphatic rings. The van der Waals surface area contributed by atoms with Crippen molar-refractivity contribution in [3.63, 3.8) is 0 Å². The van der Waals surface area contributed by atoms with Gasteiger partial charge < -0.3 is 10.1 Å². The number of hydrogen-bond acceptors (Lipinski definition) is 2. The van der Waals surface area contributed by atoms with Gasteiger partial charge in [-0.15, -0.1) is 0 Å². The molecule has 0 saturated heterocycles. The highest BCUT2D eigenvalue weighted by molar-refractivity contribution is 9.10. The van der Waals surface area contributed by atoms with E-state index >= 15 is 0 Å². The number of rotatable bonds is 5. The summed E-state index contributed by atoms with van der Waals surface area (Å²) in [4.78, 5) is 12.2. The molecule has 0 atom stereocenters. The van der Waals surface area contributed by atoms with Gasteiger partial charge in [-0.25, -0.2) is 0 Å². The third-order valence-electron chi connectivity index (χ3n) is 3.65. The standard InChI is InChI=1S/C19H21BrClNO2/c1-11(2)15-9-14(20)5-6-17(15)24-10-18(23)22-19-13(4)7-12(3)8-16(19)21/h5-9,11H,10H2,1-4H3,(H,22,23). The Hall–Kier alpha value is -1.52. The van der Waals surface area contributed by atoms with E-state index in [4.69, 9.17) is 16.3 Å². The lowest BCUT2D eigenvalue weighted by molar-refractivity contribution is -0.118. The minimum atomic E-state index is -0.235. The smallest absolute Gasteiger partial charge is 0.262 e. The van der Waals surface area contributed by atoms with Crippen molar-refractivity contribution in [3.8, 4) is 5.75 Å². The number of amides is 1. The van der Waals surface area contributed by atoms with Gasteiger partial charge in [0.1, 0.15) is 5.75 Å². The average molecular weight is 411 g/mol. The number of hydrogen-bond donors (Lipinski definition) is 1. The van der Waals surface area contributed by atoms with E-state index in [-0.39, 0.29) is 12.5 Å². The van der Waals surface area contributed by atoms with Crippen LogP contribution in [0, 0.1) is 13.8 Å². The number of aryl methyl sites for hydroxylation is 2. The Morgan fingerprint density at radius 3 is 2.58 bits per heavy atom. The maximum Gasteiger partial charge on any atom is 0.262 e. The molecule has 0 heterocycles. The van der Waals surface area contributed by atoms with Gasteiger partial charge in [0, 0.05) is 4.47 Å². The maximum atomic E-state index is 12.2. The van der Waals surface area contributed by atoms with Crippen molar-refractivity contribution in [3.05, 3.63) is 56.5 Å². The first kappa shape index (κ1) is 18.8. The van der Waals surface area contributed by atoms with Gasteiger partial charge in [-0.3, -0.25) is 4.79 Å².